The highest BCUT2D eigenvalue weighted by Gasteiger charge is 2.56. The molecule has 0 radical (unpaired) electrons. The Morgan fingerprint density at radius 1 is 1.10 bits per heavy atom. The van der Waals surface area contributed by atoms with Gasteiger partial charge in [-0.15, -0.1) is 0 Å². The highest BCUT2D eigenvalue weighted by Crippen LogP contribution is 2.56. The van der Waals surface area contributed by atoms with Gasteiger partial charge in [-0.25, -0.2) is 0 Å². The highest BCUT2D eigenvalue weighted by molar-refractivity contribution is 9.12. The number of halogens is 2. The molecular weight excluding hydrogens is 620 g/mol. The summed E-state index contributed by atoms with van der Waals surface area (Å²) in [5.41, 5.74) is 1.74. The van der Waals surface area contributed by atoms with Crippen molar-refractivity contribution in [2.75, 3.05) is 12.0 Å². The summed E-state index contributed by atoms with van der Waals surface area (Å²) >= 11 is 9.51. The predicted octanol–water partition coefficient (Wildman–Crippen LogP) is 4.93. The van der Waals surface area contributed by atoms with E-state index < -0.39 is 40.4 Å². The number of benzene rings is 2. The number of nitro benzene ring substituents is 1. The Balaban J connectivity index is 1.48. The van der Waals surface area contributed by atoms with Crippen molar-refractivity contribution in [2.45, 2.75) is 18.8 Å². The second kappa shape index (κ2) is 9.78. The molecule has 2 aromatic rings. The SMILES string of the molecule is COc1cc([C@H]2C3=CC[C@@H]4C(=O)N(c5ccc([N+](=O)[O-])cc5)C(=O)[C@@H]4[C@@H]3CC3=C2C(=O)C=C(Br)C3=O)cc(Cl)c1O. The van der Waals surface area contributed by atoms with Crippen LogP contribution in [0.1, 0.15) is 24.3 Å². The number of amides is 2. The van der Waals surface area contributed by atoms with Crippen LogP contribution in [0.3, 0.4) is 0 Å². The zero-order chi connectivity index (χ0) is 29.3. The average molecular weight is 640 g/mol. The molecule has 1 aliphatic heterocycles. The van der Waals surface area contributed by atoms with Crippen LogP contribution < -0.4 is 9.64 Å². The number of phenolic OH excluding ortho intramolecular Hbond substituents is 1. The first kappa shape index (κ1) is 27.1. The molecular formula is C29H20BrClN2O8. The number of hydrogen-bond acceptors (Lipinski definition) is 8. The highest BCUT2D eigenvalue weighted by atomic mass is 79.9. The van der Waals surface area contributed by atoms with Gasteiger partial charge in [0.25, 0.3) is 5.69 Å². The van der Waals surface area contributed by atoms with Crippen LogP contribution in [-0.2, 0) is 19.2 Å². The largest absolute Gasteiger partial charge is 0.503 e. The van der Waals surface area contributed by atoms with Gasteiger partial charge < -0.3 is 9.84 Å². The molecule has 1 N–H and O–H groups in total. The first-order chi connectivity index (χ1) is 19.5. The minimum atomic E-state index is -0.823. The first-order valence-electron chi connectivity index (χ1n) is 12.6. The van der Waals surface area contributed by atoms with Crippen LogP contribution in [-0.4, -0.2) is 40.5 Å². The van der Waals surface area contributed by atoms with Crippen LogP contribution in [0.4, 0.5) is 11.4 Å². The van der Waals surface area contributed by atoms with Crippen molar-refractivity contribution < 1.29 is 33.9 Å². The monoisotopic (exact) mass is 638 g/mol. The molecule has 2 amide bonds. The van der Waals surface area contributed by atoms with Crippen molar-refractivity contribution >= 4 is 62.3 Å². The zero-order valence-electron chi connectivity index (χ0n) is 21.3. The number of methoxy groups -OCH3 is 1. The molecule has 1 heterocycles. The number of Topliss-reactive ketones (excluding diaryl/α,β-unsaturated/α-hetero) is 1. The van der Waals surface area contributed by atoms with Crippen molar-refractivity contribution in [3.8, 4) is 11.5 Å². The lowest BCUT2D eigenvalue weighted by Gasteiger charge is -2.42. The molecule has 208 valence electrons. The molecule has 0 spiro atoms. The summed E-state index contributed by atoms with van der Waals surface area (Å²) in [6.45, 7) is 0. The molecule has 6 rings (SSSR count). The van der Waals surface area contributed by atoms with Crippen LogP contribution in [0.2, 0.25) is 5.02 Å². The smallest absolute Gasteiger partial charge is 0.269 e. The summed E-state index contributed by atoms with van der Waals surface area (Å²) in [6, 6.07) is 8.22. The lowest BCUT2D eigenvalue weighted by Crippen LogP contribution is -2.39. The van der Waals surface area contributed by atoms with E-state index in [0.29, 0.717) is 11.1 Å². The van der Waals surface area contributed by atoms with Crippen molar-refractivity contribution in [1.82, 2.24) is 0 Å². The minimum Gasteiger partial charge on any atom is -0.503 e. The molecule has 4 aliphatic rings. The normalized spacial score (nSPS) is 25.4. The quantitative estimate of drug-likeness (QED) is 0.163. The predicted molar refractivity (Wildman–Crippen MR) is 150 cm³/mol. The Kier molecular flexibility index (Phi) is 6.46. The second-order valence-corrected chi connectivity index (χ2v) is 11.5. The molecule has 3 aliphatic carbocycles. The Morgan fingerprint density at radius 2 is 1.80 bits per heavy atom. The van der Waals surface area contributed by atoms with Gasteiger partial charge in [-0.3, -0.25) is 34.2 Å². The third-order valence-electron chi connectivity index (χ3n) is 8.25. The molecule has 1 fully saturated rings. The third kappa shape index (κ3) is 4.06. The fourth-order valence-electron chi connectivity index (χ4n) is 6.48. The maximum Gasteiger partial charge on any atom is 0.269 e. The van der Waals surface area contributed by atoms with Gasteiger partial charge in [-0.2, -0.15) is 0 Å². The number of non-ortho nitro benzene ring substituents is 1. The van der Waals surface area contributed by atoms with Crippen LogP contribution in [0.25, 0.3) is 0 Å². The second-order valence-electron chi connectivity index (χ2n) is 10.2. The van der Waals surface area contributed by atoms with Gasteiger partial charge in [-0.1, -0.05) is 23.3 Å². The summed E-state index contributed by atoms with van der Waals surface area (Å²) in [5, 5.41) is 21.4. The van der Waals surface area contributed by atoms with Crippen molar-refractivity contribution in [3.05, 3.63) is 90.5 Å². The summed E-state index contributed by atoms with van der Waals surface area (Å²) in [4.78, 5) is 65.8. The number of aromatic hydroxyl groups is 1. The van der Waals surface area contributed by atoms with Crippen LogP contribution in [0.15, 0.2) is 69.8 Å². The van der Waals surface area contributed by atoms with Crippen LogP contribution in [0.5, 0.6) is 11.5 Å². The molecule has 1 saturated heterocycles. The molecule has 4 atom stereocenters. The van der Waals surface area contributed by atoms with Gasteiger partial charge in [0.1, 0.15) is 0 Å². The van der Waals surface area contributed by atoms with Crippen molar-refractivity contribution in [1.29, 1.82) is 0 Å². The maximum atomic E-state index is 13.9. The molecule has 2 aromatic carbocycles. The fourth-order valence-corrected chi connectivity index (χ4v) is 7.15. The minimum absolute atomic E-state index is 0.0133. The van der Waals surface area contributed by atoms with Gasteiger partial charge in [0, 0.05) is 35.3 Å². The number of rotatable bonds is 4. The average Bonchev–Trinajstić information content (AvgIpc) is 3.21. The maximum absolute atomic E-state index is 13.9. The molecule has 12 heteroatoms. The van der Waals surface area contributed by atoms with E-state index in [1.165, 1.54) is 43.5 Å². The number of nitro groups is 1. The van der Waals surface area contributed by atoms with Gasteiger partial charge >= 0.3 is 0 Å². The molecule has 10 nitrogen and oxygen atoms in total. The number of imide groups is 1. The Morgan fingerprint density at radius 3 is 2.46 bits per heavy atom. The van der Waals surface area contributed by atoms with E-state index >= 15 is 0 Å². The zero-order valence-corrected chi connectivity index (χ0v) is 23.6. The molecule has 0 unspecified atom stereocenters. The molecule has 0 aromatic heterocycles. The van der Waals surface area contributed by atoms with Gasteiger partial charge in [0.15, 0.2) is 23.1 Å². The van der Waals surface area contributed by atoms with E-state index in [2.05, 4.69) is 15.9 Å². The standard InChI is InChI=1S/C29H20BrClN2O8/c1-41-22-9-12(8-20(31)27(22)36)23-15-6-7-16-24(17(15)10-18-25(23)21(34)11-19(30)26(18)35)29(38)32(28(16)37)13-2-4-14(5-3-13)33(39)40/h2-6,8-9,11,16-17,23-24,36H,7,10H2,1H3/t16-,17+,23-,24-/m0/s1. The summed E-state index contributed by atoms with van der Waals surface area (Å²) in [6.07, 6.45) is 3.36. The number of anilines is 1. The van der Waals surface area contributed by atoms with E-state index in [-0.39, 0.29) is 67.9 Å². The molecule has 0 bridgehead atoms. The van der Waals surface area contributed by atoms with E-state index in [0.717, 1.165) is 4.90 Å². The van der Waals surface area contributed by atoms with Crippen LogP contribution in [0, 0.1) is 27.9 Å². The van der Waals surface area contributed by atoms with Crippen molar-refractivity contribution in [2.24, 2.45) is 17.8 Å². The molecule has 0 saturated carbocycles. The number of carbonyl (C=O) groups excluding carboxylic acids is 4. The van der Waals surface area contributed by atoms with E-state index in [9.17, 15) is 34.4 Å². The number of phenols is 1. The summed E-state index contributed by atoms with van der Waals surface area (Å²) < 4.78 is 5.39. The Labute approximate surface area is 246 Å². The third-order valence-corrected chi connectivity index (χ3v) is 9.13. The number of allylic oxidation sites excluding steroid dienone is 6. The summed E-state index contributed by atoms with van der Waals surface area (Å²) in [5.74, 6) is -4.76. The first-order valence-corrected chi connectivity index (χ1v) is 13.8. The van der Waals surface area contributed by atoms with Gasteiger partial charge in [0.05, 0.1) is 39.1 Å². The van der Waals surface area contributed by atoms with Crippen molar-refractivity contribution in [3.63, 3.8) is 0 Å². The Bertz CT molecular complexity index is 1690. The number of ketones is 2. The number of ether oxygens (including phenoxy) is 1. The lowest BCUT2D eigenvalue weighted by atomic mass is 9.59. The van der Waals surface area contributed by atoms with E-state index in [1.807, 2.05) is 6.08 Å². The van der Waals surface area contributed by atoms with Gasteiger partial charge in [0.2, 0.25) is 11.8 Å². The lowest BCUT2D eigenvalue weighted by molar-refractivity contribution is -0.384. The number of hydrogen-bond donors (Lipinski definition) is 1. The topological polar surface area (TPSA) is 144 Å². The van der Waals surface area contributed by atoms with Gasteiger partial charge in [-0.05, 0) is 64.5 Å². The fraction of sp³-hybridized carbons (Fsp3) is 0.241. The summed E-state index contributed by atoms with van der Waals surface area (Å²) in [7, 11) is 1.36. The number of carbonyl (C=O) groups is 4. The number of fused-ring (bicyclic) bond motifs is 3. The molecule has 41 heavy (non-hydrogen) atoms. The van der Waals surface area contributed by atoms with Crippen LogP contribution >= 0.6 is 27.5 Å². The number of nitrogens with zero attached hydrogens (tertiary/aromatic N) is 2. The van der Waals surface area contributed by atoms with E-state index in [1.54, 1.807) is 6.07 Å². The Hall–Kier alpha value is -4.09. The van der Waals surface area contributed by atoms with E-state index in [4.69, 9.17) is 16.3 Å².